The zero-order chi connectivity index (χ0) is 23.2. The van der Waals surface area contributed by atoms with Crippen molar-refractivity contribution in [3.8, 4) is 5.75 Å². The van der Waals surface area contributed by atoms with Gasteiger partial charge in [0, 0.05) is 29.9 Å². The van der Waals surface area contributed by atoms with Crippen LogP contribution in [0.3, 0.4) is 0 Å². The van der Waals surface area contributed by atoms with Gasteiger partial charge in [-0.25, -0.2) is 8.42 Å². The third-order valence-electron chi connectivity index (χ3n) is 5.58. The Balaban J connectivity index is 1.33. The van der Waals surface area contributed by atoms with Crippen LogP contribution in [-0.2, 0) is 23.4 Å². The zero-order valence-corrected chi connectivity index (χ0v) is 18.4. The van der Waals surface area contributed by atoms with Crippen molar-refractivity contribution >= 4 is 37.6 Å². The fourth-order valence-electron chi connectivity index (χ4n) is 3.82. The molecule has 0 spiro atoms. The summed E-state index contributed by atoms with van der Waals surface area (Å²) >= 11 is 0. The fraction of sp³-hybridized carbons (Fsp3) is 0.0833. The summed E-state index contributed by atoms with van der Waals surface area (Å²) in [6.45, 7) is 0.234. The van der Waals surface area contributed by atoms with Gasteiger partial charge in [0.15, 0.2) is 0 Å². The molecule has 5 aromatic rings. The molecule has 8 nitrogen and oxygen atoms in total. The highest BCUT2D eigenvalue weighted by Crippen LogP contribution is 2.28. The number of aromatic nitrogens is 3. The zero-order valence-electron chi connectivity index (χ0n) is 17.6. The topological polar surface area (TPSA) is 117 Å². The van der Waals surface area contributed by atoms with Crippen molar-refractivity contribution < 1.29 is 18.3 Å². The summed E-state index contributed by atoms with van der Waals surface area (Å²) in [5.74, 6) is -0.172. The summed E-state index contributed by atoms with van der Waals surface area (Å²) in [6.07, 6.45) is 1.55. The van der Waals surface area contributed by atoms with E-state index in [9.17, 15) is 18.3 Å². The number of nitrogens with one attached hydrogen (secondary N) is 2. The van der Waals surface area contributed by atoms with Crippen LogP contribution < -0.4 is 5.32 Å². The van der Waals surface area contributed by atoms with E-state index >= 15 is 0 Å². The maximum absolute atomic E-state index is 13.2. The lowest BCUT2D eigenvalue weighted by molar-refractivity contribution is 0.0946. The molecule has 3 N–H and O–H groups in total. The average Bonchev–Trinajstić information content (AvgIpc) is 3.41. The molecule has 0 unspecified atom stereocenters. The maximum Gasteiger partial charge on any atom is 0.267 e. The van der Waals surface area contributed by atoms with Crippen molar-refractivity contribution in [3.05, 3.63) is 84.2 Å². The van der Waals surface area contributed by atoms with E-state index in [0.717, 1.165) is 22.0 Å². The van der Waals surface area contributed by atoms with Crippen molar-refractivity contribution in [2.45, 2.75) is 16.3 Å². The number of amides is 1. The molecule has 0 bridgehead atoms. The number of sulfone groups is 1. The highest BCUT2D eigenvalue weighted by Gasteiger charge is 2.21. The van der Waals surface area contributed by atoms with Crippen LogP contribution in [0.15, 0.2) is 82.7 Å². The molecule has 1 amide bonds. The summed E-state index contributed by atoms with van der Waals surface area (Å²) in [7, 11) is -1.96. The standard InChI is InChI=1S/C24H20N4O4S/c1-28-22-3-2-4-23(19(22)14-26-28)33(31,32)18-8-5-15(6-9-18)13-25-24(30)21-12-16-11-17(29)7-10-20(16)27-21/h2-12,14,27,29H,13H2,1H3,(H,25,30). The molecule has 2 aromatic heterocycles. The lowest BCUT2D eigenvalue weighted by Gasteiger charge is -2.08. The van der Waals surface area contributed by atoms with Gasteiger partial charge in [0.1, 0.15) is 11.4 Å². The molecule has 0 fully saturated rings. The van der Waals surface area contributed by atoms with Gasteiger partial charge in [-0.05, 0) is 54.1 Å². The molecule has 3 aromatic carbocycles. The van der Waals surface area contributed by atoms with E-state index in [2.05, 4.69) is 15.4 Å². The lowest BCUT2D eigenvalue weighted by atomic mass is 10.2. The summed E-state index contributed by atoms with van der Waals surface area (Å²) in [5.41, 5.74) is 2.62. The lowest BCUT2D eigenvalue weighted by Crippen LogP contribution is -2.23. The number of aromatic hydroxyl groups is 1. The van der Waals surface area contributed by atoms with Gasteiger partial charge < -0.3 is 15.4 Å². The Bertz CT molecular complexity index is 1620. The largest absolute Gasteiger partial charge is 0.508 e. The van der Waals surface area contributed by atoms with E-state index in [1.54, 1.807) is 66.5 Å². The van der Waals surface area contributed by atoms with E-state index in [0.29, 0.717) is 11.1 Å². The molecule has 0 saturated heterocycles. The third kappa shape index (κ3) is 3.72. The smallest absolute Gasteiger partial charge is 0.267 e. The van der Waals surface area contributed by atoms with Crippen LogP contribution in [0.4, 0.5) is 0 Å². The van der Waals surface area contributed by atoms with Crippen molar-refractivity contribution in [2.75, 3.05) is 0 Å². The SMILES string of the molecule is Cn1ncc2c(S(=O)(=O)c3ccc(CNC(=O)c4cc5cc(O)ccc5[nH]4)cc3)cccc21. The van der Waals surface area contributed by atoms with E-state index in [1.807, 2.05) is 6.07 Å². The number of carbonyl (C=O) groups excluding carboxylic acids is 1. The van der Waals surface area contributed by atoms with Gasteiger partial charge in [0.05, 0.1) is 21.5 Å². The number of rotatable bonds is 5. The molecule has 0 aliphatic carbocycles. The van der Waals surface area contributed by atoms with Gasteiger partial charge in [-0.2, -0.15) is 5.10 Å². The van der Waals surface area contributed by atoms with Crippen LogP contribution >= 0.6 is 0 Å². The monoisotopic (exact) mass is 460 g/mol. The van der Waals surface area contributed by atoms with Crippen LogP contribution in [-0.4, -0.2) is 34.2 Å². The van der Waals surface area contributed by atoms with E-state index in [4.69, 9.17) is 0 Å². The number of hydrogen-bond acceptors (Lipinski definition) is 5. The van der Waals surface area contributed by atoms with E-state index in [-0.39, 0.29) is 28.0 Å². The first-order chi connectivity index (χ1) is 15.8. The van der Waals surface area contributed by atoms with Crippen molar-refractivity contribution in [3.63, 3.8) is 0 Å². The highest BCUT2D eigenvalue weighted by atomic mass is 32.2. The predicted molar refractivity (Wildman–Crippen MR) is 124 cm³/mol. The normalized spacial score (nSPS) is 11.8. The van der Waals surface area contributed by atoms with E-state index < -0.39 is 9.84 Å². The first-order valence-corrected chi connectivity index (χ1v) is 11.7. The molecule has 9 heteroatoms. The van der Waals surface area contributed by atoms with Crippen LogP contribution in [0.2, 0.25) is 0 Å². The molecule has 33 heavy (non-hydrogen) atoms. The molecular formula is C24H20N4O4S. The molecule has 2 heterocycles. The minimum Gasteiger partial charge on any atom is -0.508 e. The van der Waals surface area contributed by atoms with Gasteiger partial charge in [-0.3, -0.25) is 9.48 Å². The number of carbonyl (C=O) groups is 1. The van der Waals surface area contributed by atoms with Gasteiger partial charge in [-0.1, -0.05) is 18.2 Å². The Hall–Kier alpha value is -4.11. The first-order valence-electron chi connectivity index (χ1n) is 10.2. The average molecular weight is 461 g/mol. The molecule has 166 valence electrons. The Morgan fingerprint density at radius 3 is 2.67 bits per heavy atom. The number of phenols is 1. The second-order valence-corrected chi connectivity index (χ2v) is 9.66. The second kappa shape index (κ2) is 7.79. The Morgan fingerprint density at radius 1 is 1.09 bits per heavy atom. The third-order valence-corrected chi connectivity index (χ3v) is 7.40. The summed E-state index contributed by atoms with van der Waals surface area (Å²) in [6, 6.07) is 18.0. The number of nitrogens with zero attached hydrogens (tertiary/aromatic N) is 2. The fourth-order valence-corrected chi connectivity index (χ4v) is 5.27. The van der Waals surface area contributed by atoms with Crippen LogP contribution in [0.1, 0.15) is 16.1 Å². The summed E-state index contributed by atoms with van der Waals surface area (Å²) in [5, 5.41) is 17.9. The number of aryl methyl sites for hydroxylation is 1. The number of benzene rings is 3. The Labute approximate surface area is 189 Å². The minimum atomic E-state index is -3.73. The van der Waals surface area contributed by atoms with Gasteiger partial charge in [-0.15, -0.1) is 0 Å². The van der Waals surface area contributed by atoms with Crippen molar-refractivity contribution in [1.29, 1.82) is 0 Å². The Kier molecular flexibility index (Phi) is 4.90. The number of phenolic OH excluding ortho intramolecular Hbond substituents is 1. The van der Waals surface area contributed by atoms with Gasteiger partial charge in [0.25, 0.3) is 5.91 Å². The predicted octanol–water partition coefficient (Wildman–Crippen LogP) is 3.52. The molecule has 0 aliphatic rings. The quantitative estimate of drug-likeness (QED) is 0.371. The van der Waals surface area contributed by atoms with Crippen LogP contribution in [0.5, 0.6) is 5.75 Å². The highest BCUT2D eigenvalue weighted by molar-refractivity contribution is 7.91. The Morgan fingerprint density at radius 2 is 1.88 bits per heavy atom. The molecular weight excluding hydrogens is 440 g/mol. The molecule has 0 radical (unpaired) electrons. The number of hydrogen-bond donors (Lipinski definition) is 3. The van der Waals surface area contributed by atoms with Crippen molar-refractivity contribution in [2.24, 2.45) is 7.05 Å². The molecule has 5 rings (SSSR count). The van der Waals surface area contributed by atoms with Gasteiger partial charge in [0.2, 0.25) is 9.84 Å². The minimum absolute atomic E-state index is 0.128. The second-order valence-electron chi connectivity index (χ2n) is 7.74. The van der Waals surface area contributed by atoms with E-state index in [1.165, 1.54) is 12.1 Å². The summed E-state index contributed by atoms with van der Waals surface area (Å²) in [4.78, 5) is 15.9. The number of fused-ring (bicyclic) bond motifs is 2. The molecule has 0 saturated carbocycles. The van der Waals surface area contributed by atoms with Crippen molar-refractivity contribution in [1.82, 2.24) is 20.1 Å². The molecule has 0 aliphatic heterocycles. The van der Waals surface area contributed by atoms with Crippen LogP contribution in [0.25, 0.3) is 21.8 Å². The molecule has 0 atom stereocenters. The van der Waals surface area contributed by atoms with Gasteiger partial charge >= 0.3 is 0 Å². The number of aromatic amines is 1. The first kappa shape index (κ1) is 20.8. The van der Waals surface area contributed by atoms with Crippen LogP contribution in [0, 0.1) is 0 Å². The number of H-pyrrole nitrogens is 1. The maximum atomic E-state index is 13.2. The summed E-state index contributed by atoms with van der Waals surface area (Å²) < 4.78 is 28.0.